The lowest BCUT2D eigenvalue weighted by molar-refractivity contribution is -0.133. The Morgan fingerprint density at radius 2 is 1.92 bits per heavy atom. The van der Waals surface area contributed by atoms with Crippen LogP contribution in [0, 0.1) is 5.82 Å². The number of ether oxygens (including phenoxy) is 2. The first kappa shape index (κ1) is 28.0. The summed E-state index contributed by atoms with van der Waals surface area (Å²) >= 11 is 0. The van der Waals surface area contributed by atoms with Crippen molar-refractivity contribution in [3.63, 3.8) is 0 Å². The summed E-state index contributed by atoms with van der Waals surface area (Å²) in [6.45, 7) is 3.25. The van der Waals surface area contributed by atoms with Crippen molar-refractivity contribution in [1.82, 2.24) is 10.2 Å². The van der Waals surface area contributed by atoms with Crippen LogP contribution >= 0.6 is 0 Å². The van der Waals surface area contributed by atoms with Gasteiger partial charge in [-0.25, -0.2) is 4.39 Å². The molecule has 2 aromatic carbocycles. The fraction of sp³-hybridized carbons (Fsp3) is 0.345. The molecule has 0 fully saturated rings. The highest BCUT2D eigenvalue weighted by molar-refractivity contribution is 5.97. The van der Waals surface area contributed by atoms with Crippen LogP contribution in [-0.4, -0.2) is 71.7 Å². The summed E-state index contributed by atoms with van der Waals surface area (Å²) in [6, 6.07) is 7.74. The third kappa shape index (κ3) is 5.71. The molecule has 4 rings (SSSR count). The molecule has 1 heterocycles. The lowest BCUT2D eigenvalue weighted by Gasteiger charge is -2.40. The second-order valence-electron chi connectivity index (χ2n) is 9.72. The monoisotopic (exact) mass is 538 g/mol. The molecule has 2 aromatic rings. The number of rotatable bonds is 9. The molecular formula is C29H31FN2O7. The molecule has 9 nitrogen and oxygen atoms in total. The first-order valence-corrected chi connectivity index (χ1v) is 12.5. The third-order valence-corrected chi connectivity index (χ3v) is 6.73. The summed E-state index contributed by atoms with van der Waals surface area (Å²) in [5, 5.41) is 23.5. The van der Waals surface area contributed by atoms with E-state index in [0.717, 1.165) is 5.57 Å². The number of hydrogen-bond donors (Lipinski definition) is 3. The molecule has 206 valence electrons. The molecule has 2 amide bonds. The highest BCUT2D eigenvalue weighted by atomic mass is 19.1. The van der Waals surface area contributed by atoms with Gasteiger partial charge in [-0.05, 0) is 49.8 Å². The molecule has 1 aliphatic heterocycles. The maximum Gasteiger partial charge on any atom is 0.247 e. The van der Waals surface area contributed by atoms with Crippen LogP contribution in [0.5, 0.6) is 11.5 Å². The predicted octanol–water partition coefficient (Wildman–Crippen LogP) is 2.26. The van der Waals surface area contributed by atoms with E-state index in [-0.39, 0.29) is 31.0 Å². The number of carbonyl (C=O) groups excluding carboxylic acids is 3. The number of aliphatic hydroxyl groups excluding tert-OH is 2. The van der Waals surface area contributed by atoms with Crippen molar-refractivity contribution in [2.45, 2.75) is 44.6 Å². The molecule has 0 saturated heterocycles. The number of benzene rings is 2. The molecule has 0 radical (unpaired) electrons. The van der Waals surface area contributed by atoms with E-state index >= 15 is 0 Å². The van der Waals surface area contributed by atoms with E-state index < -0.39 is 41.8 Å². The average Bonchev–Trinajstić information content (AvgIpc) is 3.31. The second kappa shape index (κ2) is 11.8. The van der Waals surface area contributed by atoms with E-state index in [4.69, 9.17) is 9.47 Å². The molecule has 10 heteroatoms. The van der Waals surface area contributed by atoms with Gasteiger partial charge in [0, 0.05) is 35.9 Å². The van der Waals surface area contributed by atoms with Crippen LogP contribution in [0.2, 0.25) is 0 Å². The number of carbonyl (C=O) groups is 3. The summed E-state index contributed by atoms with van der Waals surface area (Å²) in [5.41, 5.74) is 2.35. The molecule has 0 spiro atoms. The van der Waals surface area contributed by atoms with Crippen LogP contribution in [0.25, 0.3) is 0 Å². The van der Waals surface area contributed by atoms with Gasteiger partial charge in [-0.2, -0.15) is 0 Å². The number of nitrogens with zero attached hydrogens (tertiary/aromatic N) is 1. The van der Waals surface area contributed by atoms with Crippen LogP contribution in [0.3, 0.4) is 0 Å². The number of nitrogens with one attached hydrogen (secondary N) is 1. The number of aldehydes is 1. The molecule has 39 heavy (non-hydrogen) atoms. The number of allylic oxidation sites excluding steroid dienone is 1. The Hall–Kier alpha value is -4.02. The van der Waals surface area contributed by atoms with Gasteiger partial charge in [0.15, 0.2) is 11.5 Å². The van der Waals surface area contributed by atoms with Gasteiger partial charge < -0.3 is 29.9 Å². The van der Waals surface area contributed by atoms with E-state index in [1.54, 1.807) is 32.0 Å². The highest BCUT2D eigenvalue weighted by Crippen LogP contribution is 2.51. The zero-order valence-corrected chi connectivity index (χ0v) is 21.9. The zero-order valence-electron chi connectivity index (χ0n) is 21.9. The van der Waals surface area contributed by atoms with Crippen LogP contribution in [0.4, 0.5) is 4.39 Å². The summed E-state index contributed by atoms with van der Waals surface area (Å²) in [5.74, 6) is -1.57. The summed E-state index contributed by atoms with van der Waals surface area (Å²) < 4.78 is 25.2. The first-order valence-electron chi connectivity index (χ1n) is 12.5. The lowest BCUT2D eigenvalue weighted by atomic mass is 9.77. The summed E-state index contributed by atoms with van der Waals surface area (Å²) in [4.78, 5) is 39.8. The number of hydrogen-bond acceptors (Lipinski definition) is 7. The van der Waals surface area contributed by atoms with Crippen LogP contribution in [-0.2, 0) is 16.1 Å². The zero-order chi connectivity index (χ0) is 28.3. The molecule has 0 saturated carbocycles. The molecule has 3 N–H and O–H groups in total. The molecule has 0 aromatic heterocycles. The Bertz CT molecular complexity index is 1320. The lowest BCUT2D eigenvalue weighted by Crippen LogP contribution is -2.55. The minimum absolute atomic E-state index is 0.0117. The van der Waals surface area contributed by atoms with Crippen LogP contribution in [0.15, 0.2) is 59.7 Å². The Morgan fingerprint density at radius 3 is 2.54 bits per heavy atom. The second-order valence-corrected chi connectivity index (χ2v) is 9.72. The van der Waals surface area contributed by atoms with Crippen LogP contribution < -0.4 is 14.8 Å². The Kier molecular flexibility index (Phi) is 8.47. The number of methoxy groups -OCH3 is 1. The average molecular weight is 539 g/mol. The van der Waals surface area contributed by atoms with Crippen molar-refractivity contribution in [1.29, 1.82) is 0 Å². The summed E-state index contributed by atoms with van der Waals surface area (Å²) in [6.07, 6.45) is 1.32. The number of fused-ring (bicyclic) bond motifs is 3. The van der Waals surface area contributed by atoms with Gasteiger partial charge in [-0.15, -0.1) is 0 Å². The molecule has 2 aliphatic rings. The maximum atomic E-state index is 13.6. The normalized spacial score (nSPS) is 21.0. The van der Waals surface area contributed by atoms with E-state index in [2.05, 4.69) is 5.32 Å². The van der Waals surface area contributed by atoms with E-state index in [1.807, 2.05) is 0 Å². The van der Waals surface area contributed by atoms with Gasteiger partial charge in [0.25, 0.3) is 0 Å². The molecule has 1 aliphatic carbocycles. The van der Waals surface area contributed by atoms with E-state index in [9.17, 15) is 29.0 Å². The first-order chi connectivity index (χ1) is 18.7. The van der Waals surface area contributed by atoms with Crippen molar-refractivity contribution in [2.75, 3.05) is 20.3 Å². The van der Waals surface area contributed by atoms with Crippen LogP contribution in [0.1, 0.15) is 41.3 Å². The standard InChI is InChI=1S/C29H31FN2O7/c1-16(2)10-24(35)32(14-17-4-6-19(30)7-5-17)22-13-21(29(37)31-8-9-33)25-20-11-18(15-34)12-23(38-3)27(20)39-28(25)26(22)36/h4-7,10-13,15,22,25-26,28,33,36H,8-9,14H2,1-3H3,(H,31,37)/t22-,25+,26+,28+/m1/s1. The maximum absolute atomic E-state index is 13.6. The molecule has 4 atom stereocenters. The van der Waals surface area contributed by atoms with Crippen molar-refractivity contribution in [3.05, 3.63) is 82.2 Å². The van der Waals surface area contributed by atoms with Gasteiger partial charge in [0.2, 0.25) is 11.8 Å². The van der Waals surface area contributed by atoms with Crippen molar-refractivity contribution in [3.8, 4) is 11.5 Å². The number of amides is 2. The van der Waals surface area contributed by atoms with E-state index in [1.165, 1.54) is 42.4 Å². The number of halogens is 1. The van der Waals surface area contributed by atoms with E-state index in [0.29, 0.717) is 28.7 Å². The van der Waals surface area contributed by atoms with Crippen molar-refractivity contribution < 1.29 is 38.5 Å². The Labute approximate surface area is 225 Å². The summed E-state index contributed by atoms with van der Waals surface area (Å²) in [7, 11) is 1.42. The third-order valence-electron chi connectivity index (χ3n) is 6.73. The van der Waals surface area contributed by atoms with Gasteiger partial charge >= 0.3 is 0 Å². The van der Waals surface area contributed by atoms with Crippen molar-refractivity contribution >= 4 is 18.1 Å². The van der Waals surface area contributed by atoms with Gasteiger partial charge in [0.1, 0.15) is 24.3 Å². The van der Waals surface area contributed by atoms with Crippen molar-refractivity contribution in [2.24, 2.45) is 0 Å². The number of aliphatic hydroxyl groups is 2. The SMILES string of the molecule is COc1cc(C=O)cc2c1O[C@@H]1[C@@H](O)[C@H](N(Cc3ccc(F)cc3)C(=O)C=C(C)C)C=C(C(=O)NCCO)[C@H]21. The Morgan fingerprint density at radius 1 is 1.21 bits per heavy atom. The Balaban J connectivity index is 1.84. The van der Waals surface area contributed by atoms with Gasteiger partial charge in [0.05, 0.1) is 25.7 Å². The topological polar surface area (TPSA) is 125 Å². The molecule has 0 unspecified atom stereocenters. The quantitative estimate of drug-likeness (QED) is 0.330. The smallest absolute Gasteiger partial charge is 0.247 e. The fourth-order valence-corrected chi connectivity index (χ4v) is 5.01. The highest BCUT2D eigenvalue weighted by Gasteiger charge is 2.51. The van der Waals surface area contributed by atoms with Gasteiger partial charge in [-0.1, -0.05) is 17.7 Å². The predicted molar refractivity (Wildman–Crippen MR) is 140 cm³/mol. The molecule has 0 bridgehead atoms. The van der Waals surface area contributed by atoms with Gasteiger partial charge in [-0.3, -0.25) is 14.4 Å². The molecular weight excluding hydrogens is 507 g/mol. The fourth-order valence-electron chi connectivity index (χ4n) is 5.01. The largest absolute Gasteiger partial charge is 0.493 e. The minimum atomic E-state index is -1.28. The minimum Gasteiger partial charge on any atom is -0.493 e.